The first-order valence-corrected chi connectivity index (χ1v) is 11.6. The molecule has 4 aromatic rings. The van der Waals surface area contributed by atoms with Crippen LogP contribution < -0.4 is 4.90 Å². The van der Waals surface area contributed by atoms with Gasteiger partial charge in [0, 0.05) is 22.0 Å². The zero-order valence-electron chi connectivity index (χ0n) is 19.5. The largest absolute Gasteiger partial charge is 0.309 e. The number of fused-ring (bicyclic) bond motifs is 4. The van der Waals surface area contributed by atoms with Gasteiger partial charge in [0.05, 0.1) is 17.1 Å². The van der Waals surface area contributed by atoms with Crippen molar-refractivity contribution in [2.24, 2.45) is 0 Å². The normalized spacial score (nSPS) is 16.4. The van der Waals surface area contributed by atoms with Crippen LogP contribution in [0.2, 0.25) is 0 Å². The number of carbonyl (C=O) groups is 1. The Kier molecular flexibility index (Phi) is 4.05. The van der Waals surface area contributed by atoms with Crippen LogP contribution >= 0.6 is 0 Å². The molecule has 162 valence electrons. The topological polar surface area (TPSA) is 20.3 Å². The van der Waals surface area contributed by atoms with Crippen molar-refractivity contribution in [2.45, 2.75) is 38.5 Å². The van der Waals surface area contributed by atoms with Gasteiger partial charge in [0.15, 0.2) is 5.78 Å². The number of nitrogens with zero attached hydrogens (tertiary/aromatic N) is 1. The van der Waals surface area contributed by atoms with Gasteiger partial charge in [-0.3, -0.25) is 4.79 Å². The van der Waals surface area contributed by atoms with Gasteiger partial charge in [-0.1, -0.05) is 94.4 Å². The predicted octanol–water partition coefficient (Wildman–Crippen LogP) is 7.67. The maximum absolute atomic E-state index is 13.3. The Labute approximate surface area is 195 Å². The summed E-state index contributed by atoms with van der Waals surface area (Å²) in [4.78, 5) is 15.7. The molecule has 2 aliphatic rings. The van der Waals surface area contributed by atoms with Crippen LogP contribution in [0.5, 0.6) is 0 Å². The minimum Gasteiger partial charge on any atom is -0.309 e. The molecule has 0 aliphatic carbocycles. The summed E-state index contributed by atoms with van der Waals surface area (Å²) in [7, 11) is 0. The molecule has 0 saturated heterocycles. The SMILES string of the molecule is CC1(C)c2ccccc2N2c3ccc(C(=O)c4ccccc4)cc3C(C)(C)c3cccc1c32. The summed E-state index contributed by atoms with van der Waals surface area (Å²) in [5.74, 6) is 0.0638. The van der Waals surface area contributed by atoms with Gasteiger partial charge in [0.25, 0.3) is 0 Å². The van der Waals surface area contributed by atoms with Gasteiger partial charge >= 0.3 is 0 Å². The monoisotopic (exact) mass is 429 g/mol. The number of hydrogen-bond donors (Lipinski definition) is 0. The van der Waals surface area contributed by atoms with Crippen LogP contribution in [-0.2, 0) is 10.8 Å². The molecule has 0 saturated carbocycles. The summed E-state index contributed by atoms with van der Waals surface area (Å²) in [5.41, 5.74) is 9.98. The summed E-state index contributed by atoms with van der Waals surface area (Å²) in [6.45, 7) is 9.21. The van der Waals surface area contributed by atoms with E-state index in [4.69, 9.17) is 0 Å². The van der Waals surface area contributed by atoms with Gasteiger partial charge < -0.3 is 4.90 Å². The van der Waals surface area contributed by atoms with Crippen LogP contribution in [0.1, 0.15) is 65.9 Å². The second-order valence-corrected chi connectivity index (χ2v) is 10.2. The summed E-state index contributed by atoms with van der Waals surface area (Å²) >= 11 is 0. The van der Waals surface area contributed by atoms with E-state index in [2.05, 4.69) is 87.2 Å². The first-order valence-electron chi connectivity index (χ1n) is 11.6. The number of benzene rings is 4. The Bertz CT molecular complexity index is 1430. The fourth-order valence-corrected chi connectivity index (χ4v) is 5.78. The molecule has 0 unspecified atom stereocenters. The quantitative estimate of drug-likeness (QED) is 0.305. The van der Waals surface area contributed by atoms with E-state index >= 15 is 0 Å². The Hall–Kier alpha value is -3.65. The maximum Gasteiger partial charge on any atom is 0.193 e. The summed E-state index contributed by atoms with van der Waals surface area (Å²) < 4.78 is 0. The second-order valence-electron chi connectivity index (χ2n) is 10.2. The molecular weight excluding hydrogens is 402 g/mol. The van der Waals surface area contributed by atoms with Crippen LogP contribution in [-0.4, -0.2) is 5.78 Å². The molecule has 2 nitrogen and oxygen atoms in total. The van der Waals surface area contributed by atoms with E-state index in [1.807, 2.05) is 36.4 Å². The van der Waals surface area contributed by atoms with Gasteiger partial charge in [-0.2, -0.15) is 0 Å². The van der Waals surface area contributed by atoms with Gasteiger partial charge in [0.1, 0.15) is 0 Å². The van der Waals surface area contributed by atoms with Gasteiger partial charge in [-0.15, -0.1) is 0 Å². The molecule has 0 fully saturated rings. The van der Waals surface area contributed by atoms with E-state index in [-0.39, 0.29) is 16.6 Å². The van der Waals surface area contributed by atoms with Gasteiger partial charge in [-0.25, -0.2) is 0 Å². The maximum atomic E-state index is 13.3. The number of para-hydroxylation sites is 2. The van der Waals surface area contributed by atoms with Gasteiger partial charge in [-0.05, 0) is 46.5 Å². The number of hydrogen-bond acceptors (Lipinski definition) is 2. The van der Waals surface area contributed by atoms with Crippen molar-refractivity contribution < 1.29 is 4.79 Å². The molecule has 33 heavy (non-hydrogen) atoms. The third-order valence-corrected chi connectivity index (χ3v) is 7.63. The van der Waals surface area contributed by atoms with Gasteiger partial charge in [0.2, 0.25) is 0 Å². The van der Waals surface area contributed by atoms with E-state index in [1.54, 1.807) is 0 Å². The molecule has 2 heterocycles. The average molecular weight is 430 g/mol. The lowest BCUT2D eigenvalue weighted by Gasteiger charge is -2.49. The number of rotatable bonds is 2. The molecule has 0 amide bonds. The molecule has 0 bridgehead atoms. The Morgan fingerprint density at radius 2 is 1.15 bits per heavy atom. The molecule has 4 aromatic carbocycles. The predicted molar refractivity (Wildman–Crippen MR) is 135 cm³/mol. The van der Waals surface area contributed by atoms with Crippen molar-refractivity contribution in [3.05, 3.63) is 124 Å². The first-order chi connectivity index (χ1) is 15.8. The fourth-order valence-electron chi connectivity index (χ4n) is 5.78. The molecule has 0 radical (unpaired) electrons. The lowest BCUT2D eigenvalue weighted by molar-refractivity contribution is 0.103. The van der Waals surface area contributed by atoms with E-state index in [1.165, 1.54) is 33.6 Å². The first kappa shape index (κ1) is 20.0. The smallest absolute Gasteiger partial charge is 0.193 e. The highest BCUT2D eigenvalue weighted by molar-refractivity contribution is 6.09. The summed E-state index contributed by atoms with van der Waals surface area (Å²) in [5, 5.41) is 0. The van der Waals surface area contributed by atoms with E-state index in [0.29, 0.717) is 0 Å². The van der Waals surface area contributed by atoms with Crippen LogP contribution in [0.25, 0.3) is 0 Å². The summed E-state index contributed by atoms with van der Waals surface area (Å²) in [6.07, 6.45) is 0. The fraction of sp³-hybridized carbons (Fsp3) is 0.194. The van der Waals surface area contributed by atoms with Crippen LogP contribution in [0.3, 0.4) is 0 Å². The zero-order valence-corrected chi connectivity index (χ0v) is 19.5. The van der Waals surface area contributed by atoms with Crippen LogP contribution in [0, 0.1) is 0 Å². The third kappa shape index (κ3) is 2.64. The Morgan fingerprint density at radius 1 is 0.576 bits per heavy atom. The van der Waals surface area contributed by atoms with Crippen molar-refractivity contribution in [3.63, 3.8) is 0 Å². The Morgan fingerprint density at radius 3 is 1.88 bits per heavy atom. The lowest BCUT2D eigenvalue weighted by Crippen LogP contribution is -2.38. The number of anilines is 3. The van der Waals surface area contributed by atoms with E-state index in [9.17, 15) is 4.79 Å². The zero-order chi connectivity index (χ0) is 23.0. The van der Waals surface area contributed by atoms with E-state index < -0.39 is 0 Å². The molecule has 6 rings (SSSR count). The van der Waals surface area contributed by atoms with Crippen LogP contribution in [0.15, 0.2) is 91.0 Å². The summed E-state index contributed by atoms with van der Waals surface area (Å²) in [6, 6.07) is 31.2. The lowest BCUT2D eigenvalue weighted by atomic mass is 9.66. The van der Waals surface area contributed by atoms with Crippen molar-refractivity contribution in [1.82, 2.24) is 0 Å². The van der Waals surface area contributed by atoms with Crippen molar-refractivity contribution in [3.8, 4) is 0 Å². The molecule has 0 aromatic heterocycles. The molecule has 2 aliphatic heterocycles. The Balaban J connectivity index is 1.62. The van der Waals surface area contributed by atoms with Crippen LogP contribution in [0.4, 0.5) is 17.1 Å². The molecular formula is C31H27NO. The minimum absolute atomic E-state index is 0.0638. The highest BCUT2D eigenvalue weighted by Crippen LogP contribution is 2.59. The molecule has 0 atom stereocenters. The third-order valence-electron chi connectivity index (χ3n) is 7.63. The molecule has 0 N–H and O–H groups in total. The van der Waals surface area contributed by atoms with Crippen molar-refractivity contribution in [2.75, 3.05) is 4.90 Å². The average Bonchev–Trinajstić information content (AvgIpc) is 2.83. The minimum atomic E-state index is -0.230. The number of ketones is 1. The van der Waals surface area contributed by atoms with E-state index in [0.717, 1.165) is 16.8 Å². The number of carbonyl (C=O) groups excluding carboxylic acids is 1. The van der Waals surface area contributed by atoms with Crippen molar-refractivity contribution >= 4 is 22.8 Å². The molecule has 0 spiro atoms. The van der Waals surface area contributed by atoms with Crippen molar-refractivity contribution in [1.29, 1.82) is 0 Å². The highest BCUT2D eigenvalue weighted by atomic mass is 16.1. The second kappa shape index (κ2) is 6.68. The molecule has 2 heteroatoms. The highest BCUT2D eigenvalue weighted by Gasteiger charge is 2.45. The standard InChI is InChI=1S/C31H27NO/c1-30(2)22-13-8-9-16-26(22)32-27-18-17-21(29(33)20-11-6-5-7-12-20)19-25(27)31(3,4)24-15-10-14-23(30)28(24)32/h5-19H,1-4H3.